The molecule has 2 fully saturated rings. The van der Waals surface area contributed by atoms with E-state index in [-0.39, 0.29) is 30.8 Å². The third-order valence-corrected chi connectivity index (χ3v) is 5.63. The van der Waals surface area contributed by atoms with Gasteiger partial charge in [-0.3, -0.25) is 19.2 Å². The zero-order valence-corrected chi connectivity index (χ0v) is 15.7. The number of likely N-dealkylation sites (N-methyl/N-ethyl adjacent to an activating group) is 1. The Morgan fingerprint density at radius 2 is 1.92 bits per heavy atom. The SMILES string of the molecule is CNC(=O)CNC(=O)COC(=O)[C@@H]1CC(=O)N([C@H]2CCC[C@H](C)[C@H]2C)C1. The summed E-state index contributed by atoms with van der Waals surface area (Å²) in [5.41, 5.74) is 0. The molecule has 8 nitrogen and oxygen atoms in total. The van der Waals surface area contributed by atoms with E-state index in [0.29, 0.717) is 18.4 Å². The Morgan fingerprint density at radius 1 is 1.19 bits per heavy atom. The molecule has 0 radical (unpaired) electrons. The van der Waals surface area contributed by atoms with Gasteiger partial charge in [0.05, 0.1) is 12.5 Å². The molecule has 3 amide bonds. The van der Waals surface area contributed by atoms with Crippen LogP contribution < -0.4 is 10.6 Å². The smallest absolute Gasteiger partial charge is 0.311 e. The lowest BCUT2D eigenvalue weighted by molar-refractivity contribution is -0.152. The molecule has 0 aromatic heterocycles. The molecule has 0 unspecified atom stereocenters. The molecule has 4 atom stereocenters. The molecule has 2 rings (SSSR count). The lowest BCUT2D eigenvalue weighted by Crippen LogP contribution is -2.45. The van der Waals surface area contributed by atoms with Crippen LogP contribution in [0.5, 0.6) is 0 Å². The van der Waals surface area contributed by atoms with Crippen LogP contribution >= 0.6 is 0 Å². The van der Waals surface area contributed by atoms with Gasteiger partial charge in [-0.15, -0.1) is 0 Å². The van der Waals surface area contributed by atoms with E-state index in [2.05, 4.69) is 24.5 Å². The first kappa shape index (κ1) is 20.2. The van der Waals surface area contributed by atoms with E-state index in [0.717, 1.165) is 12.8 Å². The molecule has 8 heteroatoms. The fourth-order valence-electron chi connectivity index (χ4n) is 3.78. The summed E-state index contributed by atoms with van der Waals surface area (Å²) in [6.45, 7) is 4.13. The monoisotopic (exact) mass is 367 g/mol. The maximum atomic E-state index is 12.4. The summed E-state index contributed by atoms with van der Waals surface area (Å²) in [4.78, 5) is 49.1. The standard InChI is InChI=1S/C18H29N3O5/c1-11-5-4-6-14(12(11)2)21-9-13(7-17(21)24)18(25)26-10-16(23)20-8-15(22)19-3/h11-14H,4-10H2,1-3H3,(H,19,22)(H,20,23)/t11-,12+,13+,14-/m0/s1. The van der Waals surface area contributed by atoms with E-state index < -0.39 is 24.4 Å². The number of hydrogen-bond donors (Lipinski definition) is 2. The summed E-state index contributed by atoms with van der Waals surface area (Å²) in [6.07, 6.45) is 3.38. The van der Waals surface area contributed by atoms with Crippen LogP contribution in [0.4, 0.5) is 0 Å². The van der Waals surface area contributed by atoms with Gasteiger partial charge in [0, 0.05) is 26.1 Å². The van der Waals surface area contributed by atoms with Gasteiger partial charge in [0.25, 0.3) is 5.91 Å². The Bertz CT molecular complexity index is 565. The lowest BCUT2D eigenvalue weighted by atomic mass is 9.77. The Hall–Kier alpha value is -2.12. The number of amides is 3. The lowest BCUT2D eigenvalue weighted by Gasteiger charge is -2.39. The second-order valence-corrected chi connectivity index (χ2v) is 7.34. The highest BCUT2D eigenvalue weighted by Gasteiger charge is 2.42. The van der Waals surface area contributed by atoms with Crippen LogP contribution in [-0.4, -0.2) is 61.4 Å². The van der Waals surface area contributed by atoms with Gasteiger partial charge in [0.1, 0.15) is 0 Å². The second kappa shape index (κ2) is 9.00. The summed E-state index contributed by atoms with van der Waals surface area (Å²) in [7, 11) is 1.46. The fourth-order valence-corrected chi connectivity index (χ4v) is 3.78. The van der Waals surface area contributed by atoms with Crippen molar-refractivity contribution in [1.82, 2.24) is 15.5 Å². The van der Waals surface area contributed by atoms with Gasteiger partial charge in [0.2, 0.25) is 11.8 Å². The van der Waals surface area contributed by atoms with Crippen LogP contribution in [0, 0.1) is 17.8 Å². The number of nitrogens with zero attached hydrogens (tertiary/aromatic N) is 1. The number of rotatable bonds is 6. The first-order chi connectivity index (χ1) is 12.3. The Balaban J connectivity index is 1.81. The maximum absolute atomic E-state index is 12.4. The van der Waals surface area contributed by atoms with Gasteiger partial charge in [-0.1, -0.05) is 26.7 Å². The Morgan fingerprint density at radius 3 is 2.62 bits per heavy atom. The molecule has 1 saturated heterocycles. The van der Waals surface area contributed by atoms with Crippen molar-refractivity contribution >= 4 is 23.7 Å². The van der Waals surface area contributed by atoms with Gasteiger partial charge in [-0.05, 0) is 18.3 Å². The van der Waals surface area contributed by atoms with E-state index in [9.17, 15) is 19.2 Å². The molecule has 1 heterocycles. The van der Waals surface area contributed by atoms with E-state index in [1.54, 1.807) is 0 Å². The van der Waals surface area contributed by atoms with Crippen molar-refractivity contribution < 1.29 is 23.9 Å². The Labute approximate surface area is 154 Å². The van der Waals surface area contributed by atoms with Crippen LogP contribution in [0.1, 0.15) is 39.5 Å². The quantitative estimate of drug-likeness (QED) is 0.646. The van der Waals surface area contributed by atoms with Gasteiger partial charge < -0.3 is 20.3 Å². The normalized spacial score (nSPS) is 28.6. The van der Waals surface area contributed by atoms with E-state index >= 15 is 0 Å². The summed E-state index contributed by atoms with van der Waals surface area (Å²) in [6, 6.07) is 0.180. The topological polar surface area (TPSA) is 105 Å². The predicted molar refractivity (Wildman–Crippen MR) is 93.8 cm³/mol. The van der Waals surface area contributed by atoms with Crippen molar-refractivity contribution in [1.29, 1.82) is 0 Å². The molecule has 0 bridgehead atoms. The minimum atomic E-state index is -0.544. The molecule has 2 N–H and O–H groups in total. The first-order valence-corrected chi connectivity index (χ1v) is 9.26. The Kier molecular flexibility index (Phi) is 6.99. The van der Waals surface area contributed by atoms with Crippen LogP contribution in [0.25, 0.3) is 0 Å². The molecule has 0 aromatic rings. The second-order valence-electron chi connectivity index (χ2n) is 7.34. The van der Waals surface area contributed by atoms with Crippen LogP contribution in [0.2, 0.25) is 0 Å². The minimum Gasteiger partial charge on any atom is -0.455 e. The van der Waals surface area contributed by atoms with Gasteiger partial charge >= 0.3 is 5.97 Å². The number of carbonyl (C=O) groups is 4. The molecule has 26 heavy (non-hydrogen) atoms. The van der Waals surface area contributed by atoms with Crippen LogP contribution in [-0.2, 0) is 23.9 Å². The molecule has 1 saturated carbocycles. The van der Waals surface area contributed by atoms with Crippen molar-refractivity contribution in [3.05, 3.63) is 0 Å². The average Bonchev–Trinajstić information content (AvgIpc) is 3.01. The number of esters is 1. The van der Waals surface area contributed by atoms with Crippen LogP contribution in [0.3, 0.4) is 0 Å². The highest BCUT2D eigenvalue weighted by atomic mass is 16.5. The number of likely N-dealkylation sites (tertiary alicyclic amines) is 1. The zero-order chi connectivity index (χ0) is 19.3. The van der Waals surface area contributed by atoms with Crippen molar-refractivity contribution in [2.75, 3.05) is 26.7 Å². The molecule has 1 aliphatic heterocycles. The van der Waals surface area contributed by atoms with E-state index in [1.807, 2.05) is 4.90 Å². The summed E-state index contributed by atoms with van der Waals surface area (Å²) in [5.74, 6) is -0.974. The van der Waals surface area contributed by atoms with Crippen LogP contribution in [0.15, 0.2) is 0 Å². The average molecular weight is 367 g/mol. The van der Waals surface area contributed by atoms with E-state index in [4.69, 9.17) is 4.74 Å². The number of ether oxygens (including phenoxy) is 1. The van der Waals surface area contributed by atoms with Crippen molar-refractivity contribution in [2.45, 2.75) is 45.6 Å². The molecular weight excluding hydrogens is 338 g/mol. The molecular formula is C18H29N3O5. The molecule has 1 aliphatic carbocycles. The highest BCUT2D eigenvalue weighted by molar-refractivity contribution is 5.89. The largest absolute Gasteiger partial charge is 0.455 e. The number of nitrogens with one attached hydrogen (secondary N) is 2. The maximum Gasteiger partial charge on any atom is 0.311 e. The summed E-state index contributed by atoms with van der Waals surface area (Å²) in [5, 5.41) is 4.73. The predicted octanol–water partition coefficient (Wildman–Crippen LogP) is 0.0650. The van der Waals surface area contributed by atoms with Gasteiger partial charge in [-0.2, -0.15) is 0 Å². The molecule has 0 spiro atoms. The first-order valence-electron chi connectivity index (χ1n) is 9.26. The molecule has 0 aromatic carbocycles. The van der Waals surface area contributed by atoms with Gasteiger partial charge in [0.15, 0.2) is 6.61 Å². The van der Waals surface area contributed by atoms with E-state index in [1.165, 1.54) is 13.5 Å². The zero-order valence-electron chi connectivity index (χ0n) is 15.7. The van der Waals surface area contributed by atoms with Crippen molar-refractivity contribution in [3.63, 3.8) is 0 Å². The summed E-state index contributed by atoms with van der Waals surface area (Å²) >= 11 is 0. The molecule has 146 valence electrons. The van der Waals surface area contributed by atoms with Gasteiger partial charge in [-0.25, -0.2) is 0 Å². The number of hydrogen-bond acceptors (Lipinski definition) is 5. The summed E-state index contributed by atoms with van der Waals surface area (Å²) < 4.78 is 5.02. The molecule has 2 aliphatic rings. The van der Waals surface area contributed by atoms with Crippen molar-refractivity contribution in [2.24, 2.45) is 17.8 Å². The third-order valence-electron chi connectivity index (χ3n) is 5.63. The number of carbonyl (C=O) groups excluding carboxylic acids is 4. The fraction of sp³-hybridized carbons (Fsp3) is 0.778. The third kappa shape index (κ3) is 4.95. The minimum absolute atomic E-state index is 0.0121. The highest BCUT2D eigenvalue weighted by Crippen LogP contribution is 2.35. The van der Waals surface area contributed by atoms with Crippen molar-refractivity contribution in [3.8, 4) is 0 Å².